The molecule has 2 aromatic carbocycles. The van der Waals surface area contributed by atoms with Crippen molar-refractivity contribution in [1.29, 1.82) is 5.26 Å². The Balaban J connectivity index is 1.48. The van der Waals surface area contributed by atoms with Gasteiger partial charge < -0.3 is 9.80 Å². The molecule has 2 saturated heterocycles. The van der Waals surface area contributed by atoms with Crippen molar-refractivity contribution in [3.8, 4) is 6.07 Å². The van der Waals surface area contributed by atoms with Gasteiger partial charge in [-0.05, 0) is 49.6 Å². The van der Waals surface area contributed by atoms with Crippen LogP contribution in [0.4, 0.5) is 11.5 Å². The highest BCUT2D eigenvalue weighted by molar-refractivity contribution is 8.26. The zero-order chi connectivity index (χ0) is 28.2. The first-order valence-electron chi connectivity index (χ1n) is 13.4. The van der Waals surface area contributed by atoms with Gasteiger partial charge in [0.05, 0.1) is 4.91 Å². The number of hydrogen-bond donors (Lipinski definition) is 0. The van der Waals surface area contributed by atoms with Gasteiger partial charge >= 0.3 is 0 Å². The molecule has 2 fully saturated rings. The van der Waals surface area contributed by atoms with Crippen LogP contribution in [0.25, 0.3) is 6.08 Å². The van der Waals surface area contributed by atoms with E-state index in [0.717, 1.165) is 30.0 Å². The van der Waals surface area contributed by atoms with Crippen molar-refractivity contribution >= 4 is 51.8 Å². The molecule has 2 aliphatic rings. The molecule has 9 heteroatoms. The van der Waals surface area contributed by atoms with E-state index in [-0.39, 0.29) is 17.0 Å². The molecule has 0 unspecified atom stereocenters. The number of piperazine rings is 1. The van der Waals surface area contributed by atoms with Crippen LogP contribution in [0.2, 0.25) is 0 Å². The van der Waals surface area contributed by atoms with Gasteiger partial charge in [-0.2, -0.15) is 5.26 Å². The molecule has 3 aromatic rings. The summed E-state index contributed by atoms with van der Waals surface area (Å²) < 4.78 is 2.19. The number of aromatic nitrogens is 1. The average Bonchev–Trinajstić information content (AvgIpc) is 3.25. The lowest BCUT2D eigenvalue weighted by atomic mass is 10.0. The summed E-state index contributed by atoms with van der Waals surface area (Å²) in [5.41, 5.74) is 3.45. The lowest BCUT2D eigenvalue weighted by molar-refractivity contribution is -0.122. The number of pyridine rings is 1. The average molecular weight is 570 g/mol. The molecular formula is C31H31N5O2S2. The van der Waals surface area contributed by atoms with E-state index >= 15 is 0 Å². The molecule has 1 amide bonds. The number of nitriles is 1. The maximum atomic E-state index is 13.5. The summed E-state index contributed by atoms with van der Waals surface area (Å²) in [5.74, 6) is 0.615. The number of benzene rings is 2. The van der Waals surface area contributed by atoms with E-state index in [1.165, 1.54) is 17.4 Å². The topological polar surface area (TPSA) is 72.6 Å². The summed E-state index contributed by atoms with van der Waals surface area (Å²) in [6.45, 7) is 7.62. The zero-order valence-electron chi connectivity index (χ0n) is 22.7. The molecule has 0 atom stereocenters. The number of thiocarbonyl (C=S) groups is 1. The van der Waals surface area contributed by atoms with Crippen LogP contribution < -0.4 is 15.4 Å². The first-order chi connectivity index (χ1) is 19.4. The van der Waals surface area contributed by atoms with Crippen molar-refractivity contribution in [2.24, 2.45) is 0 Å². The van der Waals surface area contributed by atoms with Crippen molar-refractivity contribution in [3.63, 3.8) is 0 Å². The van der Waals surface area contributed by atoms with Gasteiger partial charge in [-0.1, -0.05) is 72.5 Å². The quantitative estimate of drug-likeness (QED) is 0.299. The van der Waals surface area contributed by atoms with E-state index in [0.29, 0.717) is 47.4 Å². The van der Waals surface area contributed by atoms with Crippen molar-refractivity contribution < 1.29 is 4.79 Å². The van der Waals surface area contributed by atoms with E-state index in [9.17, 15) is 14.9 Å². The van der Waals surface area contributed by atoms with Gasteiger partial charge in [0.25, 0.3) is 11.5 Å². The van der Waals surface area contributed by atoms with Gasteiger partial charge in [-0.15, -0.1) is 0 Å². The van der Waals surface area contributed by atoms with Crippen LogP contribution in [0.5, 0.6) is 0 Å². The summed E-state index contributed by atoms with van der Waals surface area (Å²) in [6, 6.07) is 22.4. The number of anilines is 2. The molecule has 1 aromatic heterocycles. The van der Waals surface area contributed by atoms with Crippen LogP contribution in [-0.2, 0) is 17.8 Å². The monoisotopic (exact) mass is 569 g/mol. The van der Waals surface area contributed by atoms with Gasteiger partial charge in [0.2, 0.25) is 0 Å². The second-order valence-corrected chi connectivity index (χ2v) is 11.5. The lowest BCUT2D eigenvalue weighted by Gasteiger charge is -2.39. The van der Waals surface area contributed by atoms with Gasteiger partial charge in [0, 0.05) is 50.5 Å². The minimum atomic E-state index is -0.296. The summed E-state index contributed by atoms with van der Waals surface area (Å²) in [6.07, 6.45) is 2.54. The molecule has 3 heterocycles. The molecule has 0 bridgehead atoms. The number of thioether (sulfide) groups is 1. The Morgan fingerprint density at radius 3 is 2.23 bits per heavy atom. The Hall–Kier alpha value is -3.87. The number of para-hydroxylation sites is 1. The third-order valence-corrected chi connectivity index (χ3v) is 8.86. The Bertz CT molecular complexity index is 1550. The number of carbonyl (C=O) groups is 1. The van der Waals surface area contributed by atoms with Crippen molar-refractivity contribution in [2.45, 2.75) is 26.8 Å². The molecule has 7 nitrogen and oxygen atoms in total. The van der Waals surface area contributed by atoms with E-state index < -0.39 is 0 Å². The molecule has 40 heavy (non-hydrogen) atoms. The highest BCUT2D eigenvalue weighted by atomic mass is 32.2. The van der Waals surface area contributed by atoms with Crippen molar-refractivity contribution in [1.82, 2.24) is 9.47 Å². The van der Waals surface area contributed by atoms with Crippen molar-refractivity contribution in [3.05, 3.63) is 98.2 Å². The highest BCUT2D eigenvalue weighted by Gasteiger charge is 2.33. The summed E-state index contributed by atoms with van der Waals surface area (Å²) in [7, 11) is 0. The summed E-state index contributed by atoms with van der Waals surface area (Å²) in [5, 5.41) is 9.88. The third kappa shape index (κ3) is 5.42. The Labute approximate surface area is 244 Å². The summed E-state index contributed by atoms with van der Waals surface area (Å²) in [4.78, 5) is 33.6. The molecule has 0 spiro atoms. The number of nitrogens with zero attached hydrogens (tertiary/aromatic N) is 5. The Kier molecular flexibility index (Phi) is 8.38. The normalized spacial score (nSPS) is 16.6. The van der Waals surface area contributed by atoms with Gasteiger partial charge in [-0.3, -0.25) is 19.1 Å². The maximum Gasteiger partial charge on any atom is 0.270 e. The summed E-state index contributed by atoms with van der Waals surface area (Å²) >= 11 is 6.87. The number of amides is 1. The van der Waals surface area contributed by atoms with E-state index in [1.54, 1.807) is 16.4 Å². The molecule has 0 radical (unpaired) electrons. The maximum absolute atomic E-state index is 13.5. The first-order valence-corrected chi connectivity index (χ1v) is 14.7. The minimum Gasteiger partial charge on any atom is -0.368 e. The van der Waals surface area contributed by atoms with Crippen molar-refractivity contribution in [2.75, 3.05) is 42.5 Å². The molecule has 0 N–H and O–H groups in total. The molecule has 2 aliphatic heterocycles. The molecule has 5 rings (SSSR count). The SMILES string of the molecule is CCn1c(N2CCN(c3ccccc3)CC2)c(/C=C2/SC(=S)N(CCc3ccccc3)C2=O)c(C)c(C#N)c1=O. The number of rotatable bonds is 7. The van der Waals surface area contributed by atoms with Crippen LogP contribution in [0.1, 0.15) is 29.2 Å². The number of hydrogen-bond acceptors (Lipinski definition) is 7. The fourth-order valence-corrected chi connectivity index (χ4v) is 6.59. The molecule has 0 aliphatic carbocycles. The van der Waals surface area contributed by atoms with E-state index in [1.807, 2.05) is 61.5 Å². The Morgan fingerprint density at radius 2 is 1.60 bits per heavy atom. The molecule has 0 saturated carbocycles. The van der Waals surface area contributed by atoms with Crippen LogP contribution in [0.3, 0.4) is 0 Å². The van der Waals surface area contributed by atoms with Crippen LogP contribution >= 0.6 is 24.0 Å². The largest absolute Gasteiger partial charge is 0.368 e. The van der Waals surface area contributed by atoms with Crippen LogP contribution in [-0.4, -0.2) is 52.4 Å². The van der Waals surface area contributed by atoms with E-state index in [2.05, 4.69) is 28.0 Å². The second kappa shape index (κ2) is 12.1. The smallest absolute Gasteiger partial charge is 0.270 e. The second-order valence-electron chi connectivity index (χ2n) is 9.78. The predicted molar refractivity (Wildman–Crippen MR) is 167 cm³/mol. The van der Waals surface area contributed by atoms with Crippen LogP contribution in [0, 0.1) is 18.3 Å². The third-order valence-electron chi connectivity index (χ3n) is 7.48. The van der Waals surface area contributed by atoms with Crippen LogP contribution in [0.15, 0.2) is 70.4 Å². The predicted octanol–water partition coefficient (Wildman–Crippen LogP) is 4.82. The minimum absolute atomic E-state index is 0.110. The standard InChI is InChI=1S/C31H31N5O2S2/c1-3-35-28(34-18-16-33(17-19-34)24-12-8-5-9-13-24)25(22(2)26(21-32)29(35)37)20-27-30(38)36(31(39)40-27)15-14-23-10-6-4-7-11-23/h4-13,20H,3,14-19H2,1-2H3/b27-20+. The van der Waals surface area contributed by atoms with Gasteiger partial charge in [-0.25, -0.2) is 0 Å². The fraction of sp³-hybridized carbons (Fsp3) is 0.290. The van der Waals surface area contributed by atoms with Gasteiger partial charge in [0.15, 0.2) is 0 Å². The fourth-order valence-electron chi connectivity index (χ4n) is 5.30. The Morgan fingerprint density at radius 1 is 0.975 bits per heavy atom. The highest BCUT2D eigenvalue weighted by Crippen LogP contribution is 2.36. The van der Waals surface area contributed by atoms with E-state index in [4.69, 9.17) is 12.2 Å². The van der Waals surface area contributed by atoms with Gasteiger partial charge in [0.1, 0.15) is 21.8 Å². The lowest BCUT2D eigenvalue weighted by Crippen LogP contribution is -2.48. The zero-order valence-corrected chi connectivity index (χ0v) is 24.3. The molecule has 204 valence electrons. The first kappa shape index (κ1) is 27.7. The number of carbonyl (C=O) groups excluding carboxylic acids is 1. The molecular weight excluding hydrogens is 539 g/mol.